The molecule has 0 saturated carbocycles. The summed E-state index contributed by atoms with van der Waals surface area (Å²) in [5, 5.41) is 14.5. The SMILES string of the molecule is CCN1CCCC(O)(c2ccc3ncc(C(C)CCC(=O)NC=O)cc3c2)CC1. The highest BCUT2D eigenvalue weighted by Crippen LogP contribution is 2.34. The van der Waals surface area contributed by atoms with Crippen LogP contribution in [0.1, 0.15) is 63.0 Å². The highest BCUT2D eigenvalue weighted by molar-refractivity contribution is 5.85. The molecule has 2 N–H and O–H groups in total. The summed E-state index contributed by atoms with van der Waals surface area (Å²) in [7, 11) is 0. The number of carbonyl (C=O) groups is 2. The van der Waals surface area contributed by atoms with Gasteiger partial charge in [0.1, 0.15) is 0 Å². The molecule has 0 spiro atoms. The molecule has 29 heavy (non-hydrogen) atoms. The monoisotopic (exact) mass is 397 g/mol. The molecule has 1 aliphatic heterocycles. The fourth-order valence-corrected chi connectivity index (χ4v) is 4.14. The maximum atomic E-state index is 11.5. The Kier molecular flexibility index (Phi) is 6.98. The zero-order valence-corrected chi connectivity index (χ0v) is 17.4. The van der Waals surface area contributed by atoms with Gasteiger partial charge in [0.25, 0.3) is 0 Å². The predicted octanol–water partition coefficient (Wildman–Crippen LogP) is 3.08. The second-order valence-corrected chi connectivity index (χ2v) is 8.12. The summed E-state index contributed by atoms with van der Waals surface area (Å²) in [4.78, 5) is 28.8. The van der Waals surface area contributed by atoms with Crippen molar-refractivity contribution in [2.75, 3.05) is 19.6 Å². The quantitative estimate of drug-likeness (QED) is 0.702. The number of nitrogens with one attached hydrogen (secondary N) is 1. The number of imide groups is 1. The molecule has 1 aromatic heterocycles. The second kappa shape index (κ2) is 9.46. The molecule has 0 radical (unpaired) electrons. The van der Waals surface area contributed by atoms with Gasteiger partial charge in [-0.3, -0.25) is 19.9 Å². The van der Waals surface area contributed by atoms with Gasteiger partial charge >= 0.3 is 0 Å². The molecule has 6 heteroatoms. The van der Waals surface area contributed by atoms with E-state index in [4.69, 9.17) is 0 Å². The first-order valence-corrected chi connectivity index (χ1v) is 10.5. The van der Waals surface area contributed by atoms with Crippen LogP contribution in [0.25, 0.3) is 10.9 Å². The number of likely N-dealkylation sites (tertiary alicyclic amines) is 1. The van der Waals surface area contributed by atoms with Crippen LogP contribution < -0.4 is 5.32 Å². The first-order chi connectivity index (χ1) is 13.9. The Balaban J connectivity index is 1.79. The zero-order chi connectivity index (χ0) is 20.9. The molecular formula is C23H31N3O3. The number of hydrogen-bond donors (Lipinski definition) is 2. The van der Waals surface area contributed by atoms with Crippen molar-refractivity contribution in [3.8, 4) is 0 Å². The summed E-state index contributed by atoms with van der Waals surface area (Å²) in [5.41, 5.74) is 2.11. The van der Waals surface area contributed by atoms with Crippen LogP contribution in [0.3, 0.4) is 0 Å². The third kappa shape index (κ3) is 5.19. The minimum atomic E-state index is -0.799. The number of pyridine rings is 1. The molecule has 0 bridgehead atoms. The third-order valence-corrected chi connectivity index (χ3v) is 6.19. The minimum absolute atomic E-state index is 0.145. The number of amides is 2. The molecule has 1 aromatic carbocycles. The molecule has 2 aromatic rings. The molecule has 2 amide bonds. The van der Waals surface area contributed by atoms with Crippen molar-refractivity contribution in [1.29, 1.82) is 0 Å². The first kappa shape index (κ1) is 21.4. The highest BCUT2D eigenvalue weighted by atomic mass is 16.3. The fourth-order valence-electron chi connectivity index (χ4n) is 4.14. The van der Waals surface area contributed by atoms with Crippen molar-refractivity contribution in [3.05, 3.63) is 41.6 Å². The molecule has 1 fully saturated rings. The van der Waals surface area contributed by atoms with Crippen molar-refractivity contribution in [3.63, 3.8) is 0 Å². The van der Waals surface area contributed by atoms with Gasteiger partial charge in [-0.2, -0.15) is 0 Å². The summed E-state index contributed by atoms with van der Waals surface area (Å²) >= 11 is 0. The number of benzene rings is 1. The van der Waals surface area contributed by atoms with Crippen LogP contribution >= 0.6 is 0 Å². The Morgan fingerprint density at radius 2 is 2.17 bits per heavy atom. The third-order valence-electron chi connectivity index (χ3n) is 6.19. The topological polar surface area (TPSA) is 82.5 Å². The summed E-state index contributed by atoms with van der Waals surface area (Å²) in [5.74, 6) is -0.119. The molecule has 3 rings (SSSR count). The molecule has 156 valence electrons. The zero-order valence-electron chi connectivity index (χ0n) is 17.4. The van der Waals surface area contributed by atoms with Gasteiger partial charge in [-0.1, -0.05) is 19.9 Å². The lowest BCUT2D eigenvalue weighted by atomic mass is 9.86. The van der Waals surface area contributed by atoms with Gasteiger partial charge in [-0.25, -0.2) is 0 Å². The fraction of sp³-hybridized carbons (Fsp3) is 0.522. The summed E-state index contributed by atoms with van der Waals surface area (Å²) in [6, 6.07) is 8.16. The summed E-state index contributed by atoms with van der Waals surface area (Å²) in [6.45, 7) is 7.18. The minimum Gasteiger partial charge on any atom is -0.385 e. The predicted molar refractivity (Wildman–Crippen MR) is 113 cm³/mol. The van der Waals surface area contributed by atoms with Gasteiger partial charge in [0, 0.05) is 24.5 Å². The molecule has 1 saturated heterocycles. The van der Waals surface area contributed by atoms with E-state index in [1.165, 1.54) is 0 Å². The molecule has 2 atom stereocenters. The number of hydrogen-bond acceptors (Lipinski definition) is 5. The second-order valence-electron chi connectivity index (χ2n) is 8.12. The first-order valence-electron chi connectivity index (χ1n) is 10.5. The maximum absolute atomic E-state index is 11.5. The van der Waals surface area contributed by atoms with Crippen LogP contribution in [0.2, 0.25) is 0 Å². The molecular weight excluding hydrogens is 366 g/mol. The van der Waals surface area contributed by atoms with Gasteiger partial charge in [0.2, 0.25) is 12.3 Å². The normalized spacial score (nSPS) is 21.5. The van der Waals surface area contributed by atoms with E-state index in [1.807, 2.05) is 18.3 Å². The number of aliphatic hydroxyl groups is 1. The van der Waals surface area contributed by atoms with Crippen molar-refractivity contribution >= 4 is 23.2 Å². The van der Waals surface area contributed by atoms with E-state index in [1.54, 1.807) is 0 Å². The summed E-state index contributed by atoms with van der Waals surface area (Å²) < 4.78 is 0. The molecule has 1 aliphatic rings. The van der Waals surface area contributed by atoms with Crippen LogP contribution in [0.5, 0.6) is 0 Å². The summed E-state index contributed by atoms with van der Waals surface area (Å²) in [6.07, 6.45) is 5.70. The number of nitrogens with zero attached hydrogens (tertiary/aromatic N) is 2. The maximum Gasteiger partial charge on any atom is 0.226 e. The molecule has 2 heterocycles. The lowest BCUT2D eigenvalue weighted by Gasteiger charge is -2.28. The van der Waals surface area contributed by atoms with Crippen LogP contribution in [-0.2, 0) is 15.2 Å². The Bertz CT molecular complexity index is 870. The van der Waals surface area contributed by atoms with Crippen LogP contribution in [0.4, 0.5) is 0 Å². The molecule has 2 unspecified atom stereocenters. The van der Waals surface area contributed by atoms with E-state index in [0.29, 0.717) is 19.3 Å². The van der Waals surface area contributed by atoms with Gasteiger partial charge in [0.05, 0.1) is 11.1 Å². The van der Waals surface area contributed by atoms with E-state index in [0.717, 1.165) is 60.9 Å². The van der Waals surface area contributed by atoms with Gasteiger partial charge in [-0.05, 0) is 74.0 Å². The van der Waals surface area contributed by atoms with E-state index >= 15 is 0 Å². The van der Waals surface area contributed by atoms with E-state index < -0.39 is 5.60 Å². The lowest BCUT2D eigenvalue weighted by Crippen LogP contribution is -2.29. The van der Waals surface area contributed by atoms with Gasteiger partial charge in [0.15, 0.2) is 0 Å². The van der Waals surface area contributed by atoms with Gasteiger partial charge < -0.3 is 10.0 Å². The molecule has 0 aliphatic carbocycles. The number of rotatable bonds is 7. The smallest absolute Gasteiger partial charge is 0.226 e. The average molecular weight is 398 g/mol. The Morgan fingerprint density at radius 3 is 2.93 bits per heavy atom. The van der Waals surface area contributed by atoms with Crippen molar-refractivity contribution in [2.45, 2.75) is 57.5 Å². The number of carbonyl (C=O) groups excluding carboxylic acids is 2. The van der Waals surface area contributed by atoms with Gasteiger partial charge in [-0.15, -0.1) is 0 Å². The van der Waals surface area contributed by atoms with Crippen molar-refractivity contribution in [2.24, 2.45) is 0 Å². The van der Waals surface area contributed by atoms with Crippen molar-refractivity contribution < 1.29 is 14.7 Å². The average Bonchev–Trinajstić information content (AvgIpc) is 2.93. The molecule has 6 nitrogen and oxygen atoms in total. The number of aromatic nitrogens is 1. The van der Waals surface area contributed by atoms with Crippen LogP contribution in [-0.4, -0.2) is 46.9 Å². The van der Waals surface area contributed by atoms with E-state index in [2.05, 4.69) is 41.2 Å². The van der Waals surface area contributed by atoms with Crippen molar-refractivity contribution in [1.82, 2.24) is 15.2 Å². The van der Waals surface area contributed by atoms with Crippen LogP contribution in [0.15, 0.2) is 30.5 Å². The van der Waals surface area contributed by atoms with E-state index in [9.17, 15) is 14.7 Å². The lowest BCUT2D eigenvalue weighted by molar-refractivity contribution is -0.125. The standard InChI is InChI=1S/C23H31N3O3/c1-3-26-11-4-9-23(29,10-12-26)20-6-7-21-18(14-20)13-19(15-24-21)17(2)5-8-22(28)25-16-27/h6-7,13-17,29H,3-5,8-12H2,1-2H3,(H,25,27,28). The highest BCUT2D eigenvalue weighted by Gasteiger charge is 2.31. The Labute approximate surface area is 172 Å². The Morgan fingerprint density at radius 1 is 1.34 bits per heavy atom. The number of fused-ring (bicyclic) bond motifs is 1. The largest absolute Gasteiger partial charge is 0.385 e. The Hall–Kier alpha value is -2.31. The van der Waals surface area contributed by atoms with E-state index in [-0.39, 0.29) is 11.8 Å². The van der Waals surface area contributed by atoms with Crippen LogP contribution in [0, 0.1) is 0 Å².